The van der Waals surface area contributed by atoms with Gasteiger partial charge in [-0.25, -0.2) is 0 Å². The maximum absolute atomic E-state index is 2.84. The first kappa shape index (κ1) is 18.5. The predicted octanol–water partition coefficient (Wildman–Crippen LogP) is 5.16. The summed E-state index contributed by atoms with van der Waals surface area (Å²) in [4.78, 5) is 5.68. The zero-order chi connectivity index (χ0) is 17.9. The average Bonchev–Trinajstić information content (AvgIpc) is 2.68. The molecule has 2 heteroatoms. The molecule has 0 bridgehead atoms. The molecule has 2 saturated heterocycles. The Bertz CT molecular complexity index is 531. The Kier molecular flexibility index (Phi) is 6.00. The molecule has 1 aromatic carbocycles. The average molecular weight is 355 g/mol. The molecule has 2 aliphatic heterocycles. The van der Waals surface area contributed by atoms with Crippen LogP contribution >= 0.6 is 0 Å². The molecule has 0 N–H and O–H groups in total. The molecule has 0 spiro atoms. The van der Waals surface area contributed by atoms with E-state index in [1.54, 1.807) is 5.56 Å². The lowest BCUT2D eigenvalue weighted by molar-refractivity contribution is 0.0358. The minimum Gasteiger partial charge on any atom is -0.300 e. The lowest BCUT2D eigenvalue weighted by atomic mass is 9.80. The monoisotopic (exact) mass is 354 g/mol. The molecular formula is C24H38N2. The van der Waals surface area contributed by atoms with E-state index >= 15 is 0 Å². The van der Waals surface area contributed by atoms with Crippen molar-refractivity contribution >= 4 is 0 Å². The van der Waals surface area contributed by atoms with Crippen LogP contribution in [0.4, 0.5) is 0 Å². The second kappa shape index (κ2) is 8.44. The predicted molar refractivity (Wildman–Crippen MR) is 111 cm³/mol. The Hall–Kier alpha value is -0.860. The van der Waals surface area contributed by atoms with Gasteiger partial charge in [-0.15, -0.1) is 0 Å². The standard InChI is InChI=1S/C24H38N2/c1-19-16-20(2)18-26(17-19)24-12-14-25(15-13-24)23-10-8-22(9-11-23)21-6-4-3-5-7-21/h3-7,19-20,22-24H,8-18H2,1-2H3/t19-,20-,22?,23?/m1/s1. The molecule has 0 aromatic heterocycles. The molecule has 0 unspecified atom stereocenters. The first-order valence-corrected chi connectivity index (χ1v) is 11.2. The molecule has 2 heterocycles. The van der Waals surface area contributed by atoms with Crippen LogP contribution in [-0.4, -0.2) is 48.1 Å². The van der Waals surface area contributed by atoms with Crippen molar-refractivity contribution in [1.29, 1.82) is 0 Å². The molecule has 0 amide bonds. The van der Waals surface area contributed by atoms with Crippen molar-refractivity contribution in [3.05, 3.63) is 35.9 Å². The highest BCUT2D eigenvalue weighted by molar-refractivity contribution is 5.20. The second-order valence-electron chi connectivity index (χ2n) is 9.58. The smallest absolute Gasteiger partial charge is 0.0120 e. The minimum atomic E-state index is 0.807. The summed E-state index contributed by atoms with van der Waals surface area (Å²) in [5.74, 6) is 2.59. The van der Waals surface area contributed by atoms with Gasteiger partial charge in [0.15, 0.2) is 0 Å². The van der Waals surface area contributed by atoms with Gasteiger partial charge in [0.2, 0.25) is 0 Å². The fourth-order valence-electron chi connectivity index (χ4n) is 6.12. The summed E-state index contributed by atoms with van der Waals surface area (Å²) in [5, 5.41) is 0. The fraction of sp³-hybridized carbons (Fsp3) is 0.750. The number of nitrogens with zero attached hydrogens (tertiary/aromatic N) is 2. The molecule has 4 rings (SSSR count). The lowest BCUT2D eigenvalue weighted by Gasteiger charge is -2.46. The van der Waals surface area contributed by atoms with Gasteiger partial charge >= 0.3 is 0 Å². The minimum absolute atomic E-state index is 0.807. The quantitative estimate of drug-likeness (QED) is 0.740. The van der Waals surface area contributed by atoms with Crippen molar-refractivity contribution in [2.75, 3.05) is 26.2 Å². The van der Waals surface area contributed by atoms with Crippen molar-refractivity contribution in [1.82, 2.24) is 9.80 Å². The van der Waals surface area contributed by atoms with Gasteiger partial charge in [-0.1, -0.05) is 44.2 Å². The maximum Gasteiger partial charge on any atom is 0.0120 e. The first-order valence-electron chi connectivity index (χ1n) is 11.2. The molecule has 26 heavy (non-hydrogen) atoms. The van der Waals surface area contributed by atoms with Gasteiger partial charge in [0.25, 0.3) is 0 Å². The van der Waals surface area contributed by atoms with Crippen molar-refractivity contribution < 1.29 is 0 Å². The van der Waals surface area contributed by atoms with E-state index in [0.29, 0.717) is 0 Å². The number of hydrogen-bond acceptors (Lipinski definition) is 2. The highest BCUT2D eigenvalue weighted by Crippen LogP contribution is 2.36. The zero-order valence-corrected chi connectivity index (χ0v) is 16.9. The van der Waals surface area contributed by atoms with Crippen LogP contribution in [-0.2, 0) is 0 Å². The Morgan fingerprint density at radius 2 is 1.27 bits per heavy atom. The SMILES string of the molecule is C[C@@H]1C[C@@H](C)CN(C2CCN(C3CCC(c4ccccc4)CC3)CC2)C1. The van der Waals surface area contributed by atoms with Crippen molar-refractivity contribution in [2.45, 2.75) is 76.8 Å². The molecule has 1 aliphatic carbocycles. The summed E-state index contributed by atoms with van der Waals surface area (Å²) < 4.78 is 0. The second-order valence-corrected chi connectivity index (χ2v) is 9.58. The van der Waals surface area contributed by atoms with E-state index < -0.39 is 0 Å². The van der Waals surface area contributed by atoms with Crippen LogP contribution in [0.5, 0.6) is 0 Å². The maximum atomic E-state index is 2.84. The first-order chi connectivity index (χ1) is 12.7. The third-order valence-corrected chi connectivity index (χ3v) is 7.40. The number of benzene rings is 1. The van der Waals surface area contributed by atoms with Crippen LogP contribution in [0, 0.1) is 11.8 Å². The van der Waals surface area contributed by atoms with Crippen LogP contribution in [0.25, 0.3) is 0 Å². The van der Waals surface area contributed by atoms with Crippen LogP contribution < -0.4 is 0 Å². The van der Waals surface area contributed by atoms with Crippen LogP contribution in [0.1, 0.15) is 70.3 Å². The highest BCUT2D eigenvalue weighted by atomic mass is 15.2. The third kappa shape index (κ3) is 4.34. The van der Waals surface area contributed by atoms with Gasteiger partial charge in [-0.2, -0.15) is 0 Å². The number of likely N-dealkylation sites (tertiary alicyclic amines) is 2. The number of rotatable bonds is 3. The molecule has 0 radical (unpaired) electrons. The summed E-state index contributed by atoms with van der Waals surface area (Å²) in [7, 11) is 0. The van der Waals surface area contributed by atoms with Crippen LogP contribution in [0.3, 0.4) is 0 Å². The summed E-state index contributed by atoms with van der Waals surface area (Å²) in [6.45, 7) is 10.3. The summed E-state index contributed by atoms with van der Waals surface area (Å²) in [6.07, 6.45) is 9.81. The van der Waals surface area contributed by atoms with E-state index in [0.717, 1.165) is 29.8 Å². The Labute approximate surface area is 161 Å². The van der Waals surface area contributed by atoms with Gasteiger partial charge in [0, 0.05) is 25.2 Å². The molecule has 1 saturated carbocycles. The molecule has 2 nitrogen and oxygen atoms in total. The van der Waals surface area contributed by atoms with E-state index in [1.165, 1.54) is 71.1 Å². The fourth-order valence-corrected chi connectivity index (χ4v) is 6.12. The van der Waals surface area contributed by atoms with E-state index in [9.17, 15) is 0 Å². The van der Waals surface area contributed by atoms with Gasteiger partial charge in [-0.05, 0) is 81.4 Å². The molecular weight excluding hydrogens is 316 g/mol. The van der Waals surface area contributed by atoms with E-state index in [2.05, 4.69) is 54.0 Å². The largest absolute Gasteiger partial charge is 0.300 e. The van der Waals surface area contributed by atoms with Crippen molar-refractivity contribution in [2.24, 2.45) is 11.8 Å². The molecule has 1 aromatic rings. The molecule has 3 fully saturated rings. The van der Waals surface area contributed by atoms with Crippen LogP contribution in [0.15, 0.2) is 30.3 Å². The highest BCUT2D eigenvalue weighted by Gasteiger charge is 2.33. The van der Waals surface area contributed by atoms with Crippen LogP contribution in [0.2, 0.25) is 0 Å². The Morgan fingerprint density at radius 1 is 0.692 bits per heavy atom. The van der Waals surface area contributed by atoms with Gasteiger partial charge in [-0.3, -0.25) is 4.90 Å². The summed E-state index contributed by atoms with van der Waals surface area (Å²) in [6, 6.07) is 12.9. The van der Waals surface area contributed by atoms with E-state index in [4.69, 9.17) is 0 Å². The molecule has 2 atom stereocenters. The lowest BCUT2D eigenvalue weighted by Crippen LogP contribution is -2.52. The van der Waals surface area contributed by atoms with Gasteiger partial charge < -0.3 is 4.90 Å². The van der Waals surface area contributed by atoms with Crippen molar-refractivity contribution in [3.63, 3.8) is 0 Å². The van der Waals surface area contributed by atoms with E-state index in [1.807, 2.05) is 0 Å². The third-order valence-electron chi connectivity index (χ3n) is 7.40. The van der Waals surface area contributed by atoms with Crippen molar-refractivity contribution in [3.8, 4) is 0 Å². The van der Waals surface area contributed by atoms with Gasteiger partial charge in [0.05, 0.1) is 0 Å². The Morgan fingerprint density at radius 3 is 1.88 bits per heavy atom. The summed E-state index contributed by atoms with van der Waals surface area (Å²) >= 11 is 0. The number of piperidine rings is 2. The Balaban J connectivity index is 1.24. The normalized spacial score (nSPS) is 35.5. The molecule has 144 valence electrons. The van der Waals surface area contributed by atoms with E-state index in [-0.39, 0.29) is 0 Å². The summed E-state index contributed by atoms with van der Waals surface area (Å²) in [5.41, 5.74) is 1.57. The van der Waals surface area contributed by atoms with Gasteiger partial charge in [0.1, 0.15) is 0 Å². The zero-order valence-electron chi connectivity index (χ0n) is 16.9. The number of hydrogen-bond donors (Lipinski definition) is 0. The molecule has 3 aliphatic rings. The topological polar surface area (TPSA) is 6.48 Å².